The Labute approximate surface area is 131 Å². The molecule has 1 unspecified atom stereocenters. The van der Waals surface area contributed by atoms with Crippen LogP contribution in [0, 0.1) is 0 Å². The van der Waals surface area contributed by atoms with Crippen LogP contribution in [0.5, 0.6) is 11.5 Å². The maximum absolute atomic E-state index is 5.78. The van der Waals surface area contributed by atoms with Crippen molar-refractivity contribution in [3.63, 3.8) is 0 Å². The molecule has 1 atom stereocenters. The van der Waals surface area contributed by atoms with Gasteiger partial charge in [0.2, 0.25) is 0 Å². The van der Waals surface area contributed by atoms with E-state index in [0.29, 0.717) is 6.04 Å². The van der Waals surface area contributed by atoms with Gasteiger partial charge in [-0.3, -0.25) is 0 Å². The number of nitrogens with one attached hydrogen (secondary N) is 1. The van der Waals surface area contributed by atoms with Crippen LogP contribution in [-0.4, -0.2) is 45.0 Å². The minimum Gasteiger partial charge on any atom is -0.490 e. The Bertz CT molecular complexity index is 428. The number of rotatable bonds is 8. The number of hydrogen-bond donors (Lipinski definition) is 1. The molecule has 1 aromatic carbocycles. The fourth-order valence-corrected chi connectivity index (χ4v) is 3.26. The van der Waals surface area contributed by atoms with Gasteiger partial charge in [0.05, 0.1) is 19.8 Å². The molecular weight excluding hydrogens is 286 g/mol. The molecule has 0 spiro atoms. The molecular formula is C16H25NO3S. The smallest absolute Gasteiger partial charge is 0.161 e. The van der Waals surface area contributed by atoms with Crippen LogP contribution in [0.1, 0.15) is 24.9 Å². The normalized spacial score (nSPS) is 15.5. The van der Waals surface area contributed by atoms with Crippen molar-refractivity contribution in [3.8, 4) is 11.5 Å². The van der Waals surface area contributed by atoms with Gasteiger partial charge in [0.1, 0.15) is 0 Å². The third-order valence-electron chi connectivity index (χ3n) is 3.34. The number of fused-ring (bicyclic) bond motifs is 1. The molecule has 0 amide bonds. The molecule has 21 heavy (non-hydrogen) atoms. The summed E-state index contributed by atoms with van der Waals surface area (Å²) in [5.74, 6) is 3.77. The lowest BCUT2D eigenvalue weighted by Crippen LogP contribution is -2.23. The molecule has 5 heteroatoms. The first-order valence-electron chi connectivity index (χ1n) is 7.54. The third kappa shape index (κ3) is 5.09. The summed E-state index contributed by atoms with van der Waals surface area (Å²) in [5.41, 5.74) is 1.26. The van der Waals surface area contributed by atoms with Crippen LogP contribution in [0.4, 0.5) is 0 Å². The summed E-state index contributed by atoms with van der Waals surface area (Å²) < 4.78 is 16.6. The van der Waals surface area contributed by atoms with E-state index in [-0.39, 0.29) is 0 Å². The summed E-state index contributed by atoms with van der Waals surface area (Å²) in [6.45, 7) is 5.34. The topological polar surface area (TPSA) is 39.7 Å². The molecule has 1 heterocycles. The van der Waals surface area contributed by atoms with Gasteiger partial charge < -0.3 is 19.5 Å². The molecule has 0 radical (unpaired) electrons. The lowest BCUT2D eigenvalue weighted by Gasteiger charge is -2.19. The molecule has 0 saturated heterocycles. The molecule has 1 aliphatic rings. The van der Waals surface area contributed by atoms with E-state index in [2.05, 4.69) is 24.4 Å². The minimum atomic E-state index is 0.328. The summed E-state index contributed by atoms with van der Waals surface area (Å²) in [7, 11) is 1.74. The quantitative estimate of drug-likeness (QED) is 0.748. The molecule has 118 valence electrons. The van der Waals surface area contributed by atoms with E-state index < -0.39 is 0 Å². The third-order valence-corrected chi connectivity index (χ3v) is 4.37. The Morgan fingerprint density at radius 1 is 1.29 bits per heavy atom. The summed E-state index contributed by atoms with van der Waals surface area (Å²) in [5, 5.41) is 3.54. The van der Waals surface area contributed by atoms with E-state index >= 15 is 0 Å². The number of thioether (sulfide) groups is 1. The van der Waals surface area contributed by atoms with E-state index in [9.17, 15) is 0 Å². The van der Waals surface area contributed by atoms with Gasteiger partial charge in [0.15, 0.2) is 11.5 Å². The summed E-state index contributed by atoms with van der Waals surface area (Å²) in [6.07, 6.45) is 0.938. The molecule has 0 aromatic heterocycles. The maximum atomic E-state index is 5.78. The molecule has 4 nitrogen and oxygen atoms in total. The van der Waals surface area contributed by atoms with Gasteiger partial charge in [0, 0.05) is 31.1 Å². The monoisotopic (exact) mass is 311 g/mol. The zero-order chi connectivity index (χ0) is 14.9. The van der Waals surface area contributed by atoms with Gasteiger partial charge >= 0.3 is 0 Å². The second-order valence-corrected chi connectivity index (χ2v) is 6.08. The maximum Gasteiger partial charge on any atom is 0.161 e. The summed E-state index contributed by atoms with van der Waals surface area (Å²) >= 11 is 1.90. The molecule has 1 aliphatic heterocycles. The van der Waals surface area contributed by atoms with Crippen molar-refractivity contribution < 1.29 is 14.2 Å². The Balaban J connectivity index is 2.03. The summed E-state index contributed by atoms with van der Waals surface area (Å²) in [4.78, 5) is 0. The second kappa shape index (κ2) is 9.18. The summed E-state index contributed by atoms with van der Waals surface area (Å²) in [6, 6.07) is 6.61. The van der Waals surface area contributed by atoms with Crippen molar-refractivity contribution in [1.82, 2.24) is 5.32 Å². The fourth-order valence-electron chi connectivity index (χ4n) is 2.26. The van der Waals surface area contributed by atoms with Gasteiger partial charge in [0.25, 0.3) is 0 Å². The first kappa shape index (κ1) is 16.5. The van der Waals surface area contributed by atoms with Crippen molar-refractivity contribution in [1.29, 1.82) is 0 Å². The Morgan fingerprint density at radius 3 is 2.86 bits per heavy atom. The highest BCUT2D eigenvalue weighted by molar-refractivity contribution is 7.99. The number of ether oxygens (including phenoxy) is 3. The van der Waals surface area contributed by atoms with Crippen LogP contribution in [0.15, 0.2) is 18.2 Å². The van der Waals surface area contributed by atoms with Gasteiger partial charge in [-0.15, -0.1) is 0 Å². The fraction of sp³-hybridized carbons (Fsp3) is 0.625. The van der Waals surface area contributed by atoms with Crippen molar-refractivity contribution >= 4 is 11.8 Å². The van der Waals surface area contributed by atoms with Crippen LogP contribution in [0.2, 0.25) is 0 Å². The highest BCUT2D eigenvalue weighted by Gasteiger charge is 2.15. The first-order valence-corrected chi connectivity index (χ1v) is 8.70. The molecule has 0 aliphatic carbocycles. The minimum absolute atomic E-state index is 0.328. The highest BCUT2D eigenvalue weighted by atomic mass is 32.2. The lowest BCUT2D eigenvalue weighted by atomic mass is 10.1. The predicted molar refractivity (Wildman–Crippen MR) is 87.7 cm³/mol. The van der Waals surface area contributed by atoms with Crippen LogP contribution in [0.25, 0.3) is 0 Å². The van der Waals surface area contributed by atoms with Crippen LogP contribution < -0.4 is 14.8 Å². The van der Waals surface area contributed by atoms with Gasteiger partial charge in [-0.25, -0.2) is 0 Å². The molecule has 0 fully saturated rings. The standard InChI is InChI=1S/C16H25NO3S/c1-3-17-14(12-21-10-9-18-2)13-5-6-15-16(11-13)20-8-4-7-19-15/h5-6,11,14,17H,3-4,7-10,12H2,1-2H3. The highest BCUT2D eigenvalue weighted by Crippen LogP contribution is 2.33. The van der Waals surface area contributed by atoms with Crippen molar-refractivity contribution in [2.24, 2.45) is 0 Å². The van der Waals surface area contributed by atoms with Crippen LogP contribution in [-0.2, 0) is 4.74 Å². The lowest BCUT2D eigenvalue weighted by molar-refractivity contribution is 0.218. The average molecular weight is 311 g/mol. The molecule has 0 bridgehead atoms. The Hall–Kier alpha value is -0.910. The van der Waals surface area contributed by atoms with E-state index in [1.807, 2.05) is 17.8 Å². The van der Waals surface area contributed by atoms with Crippen molar-refractivity contribution in [3.05, 3.63) is 23.8 Å². The van der Waals surface area contributed by atoms with E-state index in [1.165, 1.54) is 5.56 Å². The molecule has 1 aromatic rings. The van der Waals surface area contributed by atoms with Gasteiger partial charge in [-0.05, 0) is 24.2 Å². The van der Waals surface area contributed by atoms with Crippen LogP contribution in [0.3, 0.4) is 0 Å². The van der Waals surface area contributed by atoms with E-state index in [4.69, 9.17) is 14.2 Å². The van der Waals surface area contributed by atoms with Crippen LogP contribution >= 0.6 is 11.8 Å². The largest absolute Gasteiger partial charge is 0.490 e. The van der Waals surface area contributed by atoms with Crippen molar-refractivity contribution in [2.45, 2.75) is 19.4 Å². The second-order valence-electron chi connectivity index (χ2n) is 4.93. The molecule has 0 saturated carbocycles. The average Bonchev–Trinajstić information content (AvgIpc) is 2.75. The zero-order valence-corrected chi connectivity index (χ0v) is 13.7. The predicted octanol–water partition coefficient (Wildman–Crippen LogP) is 2.88. The number of methoxy groups -OCH3 is 1. The zero-order valence-electron chi connectivity index (χ0n) is 12.9. The molecule has 1 N–H and O–H groups in total. The van der Waals surface area contributed by atoms with Crippen molar-refractivity contribution in [2.75, 3.05) is 45.0 Å². The Morgan fingerprint density at radius 2 is 2.10 bits per heavy atom. The number of hydrogen-bond acceptors (Lipinski definition) is 5. The SMILES string of the molecule is CCNC(CSCCOC)c1ccc2c(c1)OCCCO2. The first-order chi connectivity index (χ1) is 10.3. The molecule has 2 rings (SSSR count). The van der Waals surface area contributed by atoms with E-state index in [0.717, 1.165) is 55.8 Å². The van der Waals surface area contributed by atoms with E-state index in [1.54, 1.807) is 7.11 Å². The Kier molecular flexibility index (Phi) is 7.19. The van der Waals surface area contributed by atoms with Gasteiger partial charge in [-0.1, -0.05) is 13.0 Å². The number of benzene rings is 1. The van der Waals surface area contributed by atoms with Gasteiger partial charge in [-0.2, -0.15) is 11.8 Å².